The normalized spacial score (nSPS) is 22.4. The van der Waals surface area contributed by atoms with Gasteiger partial charge in [-0.25, -0.2) is 0 Å². The van der Waals surface area contributed by atoms with Gasteiger partial charge >= 0.3 is 0 Å². The van der Waals surface area contributed by atoms with E-state index in [-0.39, 0.29) is 0 Å². The van der Waals surface area contributed by atoms with E-state index in [4.69, 9.17) is 0 Å². The predicted molar refractivity (Wildman–Crippen MR) is 88.7 cm³/mol. The summed E-state index contributed by atoms with van der Waals surface area (Å²) >= 11 is 1.59. The predicted octanol–water partition coefficient (Wildman–Crippen LogP) is 2.94. The molecule has 0 unspecified atom stereocenters. The topological polar surface area (TPSA) is 25.2 Å². The lowest BCUT2D eigenvalue weighted by molar-refractivity contribution is 1.19. The number of allylic oxidation sites excluding steroid dienone is 3. The van der Waals surface area contributed by atoms with Crippen LogP contribution in [0.15, 0.2) is 63.9 Å². The van der Waals surface area contributed by atoms with Gasteiger partial charge < -0.3 is 0 Å². The Balaban J connectivity index is 2.64. The highest BCUT2D eigenvalue weighted by atomic mass is 32.2. The molecule has 0 saturated heterocycles. The van der Waals surface area contributed by atoms with Crippen LogP contribution in [0.3, 0.4) is 0 Å². The molecule has 0 bridgehead atoms. The zero-order valence-electron chi connectivity index (χ0n) is 11.5. The molecule has 1 aromatic heterocycles. The van der Waals surface area contributed by atoms with Gasteiger partial charge in [-0.1, -0.05) is 31.0 Å². The molecule has 1 aromatic rings. The molecule has 0 aromatic carbocycles. The number of aromatic nitrogens is 1. The molecule has 2 heterocycles. The minimum atomic E-state index is 0.741. The van der Waals surface area contributed by atoms with Crippen molar-refractivity contribution in [1.82, 2.24) is 4.98 Å². The molecule has 3 heteroatoms. The summed E-state index contributed by atoms with van der Waals surface area (Å²) in [5.41, 5.74) is 3.81. The maximum absolute atomic E-state index is 4.46. The van der Waals surface area contributed by atoms with E-state index in [2.05, 4.69) is 41.0 Å². The van der Waals surface area contributed by atoms with Crippen molar-refractivity contribution in [2.24, 2.45) is 4.99 Å². The monoisotopic (exact) mass is 280 g/mol. The number of aliphatic imine (C=N–C) groups is 1. The van der Waals surface area contributed by atoms with Crippen LogP contribution in [0.2, 0.25) is 0 Å². The zero-order valence-corrected chi connectivity index (χ0v) is 12.3. The van der Waals surface area contributed by atoms with Crippen LogP contribution in [0, 0.1) is 0 Å². The molecule has 0 N–H and O–H groups in total. The van der Waals surface area contributed by atoms with Gasteiger partial charge in [0.1, 0.15) is 0 Å². The molecule has 0 spiro atoms. The lowest BCUT2D eigenvalue weighted by Crippen LogP contribution is -2.24. The summed E-state index contributed by atoms with van der Waals surface area (Å²) in [6.07, 6.45) is 12.3. The Morgan fingerprint density at radius 1 is 1.45 bits per heavy atom. The van der Waals surface area contributed by atoms with Crippen LogP contribution in [-0.4, -0.2) is 11.2 Å². The molecule has 0 saturated carbocycles. The van der Waals surface area contributed by atoms with Gasteiger partial charge in [-0.3, -0.25) is 9.98 Å². The van der Waals surface area contributed by atoms with Crippen LogP contribution in [0.25, 0.3) is 12.2 Å². The van der Waals surface area contributed by atoms with Gasteiger partial charge in [-0.15, -0.1) is 5.73 Å². The fourth-order valence-corrected chi connectivity index (χ4v) is 2.77. The first-order valence-corrected chi connectivity index (χ1v) is 7.12. The molecule has 0 atom stereocenters. The zero-order chi connectivity index (χ0) is 14.4. The SMILES string of the molecule is C=C=C/C1=C(\N=CC)C/C=c2/cncc/c2=C/C(=C)S1. The molecule has 0 radical (unpaired) electrons. The van der Waals surface area contributed by atoms with Crippen molar-refractivity contribution in [2.75, 3.05) is 0 Å². The van der Waals surface area contributed by atoms with Crippen molar-refractivity contribution in [3.8, 4) is 0 Å². The average molecular weight is 280 g/mol. The summed E-state index contributed by atoms with van der Waals surface area (Å²) in [4.78, 5) is 10.6. The van der Waals surface area contributed by atoms with Crippen LogP contribution in [0.4, 0.5) is 0 Å². The van der Waals surface area contributed by atoms with Gasteiger partial charge in [0.2, 0.25) is 0 Å². The maximum atomic E-state index is 4.46. The highest BCUT2D eigenvalue weighted by Crippen LogP contribution is 2.31. The fraction of sp³-hybridized carbons (Fsp3) is 0.118. The Morgan fingerprint density at radius 3 is 3.05 bits per heavy atom. The smallest absolute Gasteiger partial charge is 0.0582 e. The summed E-state index contributed by atoms with van der Waals surface area (Å²) in [7, 11) is 0. The third-order valence-electron chi connectivity index (χ3n) is 2.76. The molecule has 2 rings (SSSR count). The number of hydrogen-bond donors (Lipinski definition) is 0. The quantitative estimate of drug-likeness (QED) is 0.615. The number of rotatable bonds is 2. The number of pyridine rings is 1. The standard InChI is InChI=1S/C17H16N2S/c1-4-6-17-16(19-5-2)8-7-15-12-18-10-9-14(15)11-13(3)20-17/h5-7,9-12H,1,3,8H2,2H3/b14-11-,15-7-,17-16+,19-5?. The van der Waals surface area contributed by atoms with E-state index in [9.17, 15) is 0 Å². The number of hydrogen-bond acceptors (Lipinski definition) is 3. The molecule has 0 fully saturated rings. The summed E-state index contributed by atoms with van der Waals surface area (Å²) in [6, 6.07) is 1.99. The molecule has 1 aliphatic heterocycles. The van der Waals surface area contributed by atoms with Crippen molar-refractivity contribution >= 4 is 30.1 Å². The van der Waals surface area contributed by atoms with E-state index in [0.29, 0.717) is 0 Å². The van der Waals surface area contributed by atoms with E-state index in [1.54, 1.807) is 24.2 Å². The van der Waals surface area contributed by atoms with E-state index in [0.717, 1.165) is 32.4 Å². The lowest BCUT2D eigenvalue weighted by Gasteiger charge is -2.05. The summed E-state index contributed by atoms with van der Waals surface area (Å²) in [6.45, 7) is 9.67. The summed E-state index contributed by atoms with van der Waals surface area (Å²) < 4.78 is 0. The highest BCUT2D eigenvalue weighted by molar-refractivity contribution is 8.07. The second-order valence-electron chi connectivity index (χ2n) is 4.17. The highest BCUT2D eigenvalue weighted by Gasteiger charge is 2.06. The fourth-order valence-electron chi connectivity index (χ4n) is 1.91. The molecular formula is C17H16N2S. The van der Waals surface area contributed by atoms with E-state index >= 15 is 0 Å². The molecule has 100 valence electrons. The minimum absolute atomic E-state index is 0.741. The van der Waals surface area contributed by atoms with Gasteiger partial charge in [-0.05, 0) is 35.6 Å². The first-order chi connectivity index (χ1) is 9.74. The van der Waals surface area contributed by atoms with E-state index in [1.807, 2.05) is 25.3 Å². The van der Waals surface area contributed by atoms with Crippen molar-refractivity contribution in [3.63, 3.8) is 0 Å². The van der Waals surface area contributed by atoms with Gasteiger partial charge in [0.15, 0.2) is 0 Å². The molecule has 2 nitrogen and oxygen atoms in total. The van der Waals surface area contributed by atoms with E-state index < -0.39 is 0 Å². The summed E-state index contributed by atoms with van der Waals surface area (Å²) in [5.74, 6) is 0. The molecular weight excluding hydrogens is 264 g/mol. The molecule has 1 aliphatic rings. The average Bonchev–Trinajstić information content (AvgIpc) is 2.49. The Labute approximate surface area is 123 Å². The van der Waals surface area contributed by atoms with Crippen molar-refractivity contribution < 1.29 is 0 Å². The van der Waals surface area contributed by atoms with Crippen molar-refractivity contribution in [2.45, 2.75) is 13.3 Å². The van der Waals surface area contributed by atoms with Crippen LogP contribution in [0.5, 0.6) is 0 Å². The summed E-state index contributed by atoms with van der Waals surface area (Å²) in [5, 5.41) is 2.23. The van der Waals surface area contributed by atoms with Gasteiger partial charge in [-0.2, -0.15) is 0 Å². The molecule has 0 amide bonds. The van der Waals surface area contributed by atoms with Crippen LogP contribution >= 0.6 is 11.8 Å². The second kappa shape index (κ2) is 6.90. The molecule has 20 heavy (non-hydrogen) atoms. The van der Waals surface area contributed by atoms with Crippen molar-refractivity contribution in [1.29, 1.82) is 0 Å². The number of fused-ring (bicyclic) bond motifs is 1. The number of thioether (sulfide) groups is 1. The Bertz CT molecular complexity index is 747. The second-order valence-corrected chi connectivity index (χ2v) is 5.34. The van der Waals surface area contributed by atoms with Gasteiger partial charge in [0.05, 0.1) is 5.70 Å². The minimum Gasteiger partial charge on any atom is -0.264 e. The van der Waals surface area contributed by atoms with Gasteiger partial charge in [0.25, 0.3) is 0 Å². The van der Waals surface area contributed by atoms with Crippen LogP contribution in [-0.2, 0) is 0 Å². The Kier molecular flexibility index (Phi) is 4.94. The Morgan fingerprint density at radius 2 is 2.30 bits per heavy atom. The molecule has 0 aliphatic carbocycles. The third-order valence-corrected chi connectivity index (χ3v) is 3.72. The van der Waals surface area contributed by atoms with Crippen LogP contribution < -0.4 is 10.4 Å². The number of nitrogens with zero attached hydrogens (tertiary/aromatic N) is 2. The van der Waals surface area contributed by atoms with E-state index in [1.165, 1.54) is 0 Å². The first-order valence-electron chi connectivity index (χ1n) is 6.31. The first kappa shape index (κ1) is 14.3. The van der Waals surface area contributed by atoms with Crippen LogP contribution in [0.1, 0.15) is 13.3 Å². The van der Waals surface area contributed by atoms with Crippen molar-refractivity contribution in [3.05, 3.63) is 69.4 Å². The maximum Gasteiger partial charge on any atom is 0.0582 e. The Hall–Kier alpha value is -2.09. The van der Waals surface area contributed by atoms with Gasteiger partial charge in [0, 0.05) is 34.8 Å². The lowest BCUT2D eigenvalue weighted by atomic mass is 10.2. The largest absolute Gasteiger partial charge is 0.264 e. The third kappa shape index (κ3) is 3.47.